The number of carbonyl (C=O) groups excluding carboxylic acids is 2. The van der Waals surface area contributed by atoms with E-state index in [1.54, 1.807) is 0 Å². The average Bonchev–Trinajstić information content (AvgIpc) is 2.75. The van der Waals surface area contributed by atoms with Gasteiger partial charge in [-0.25, -0.2) is 4.79 Å². The van der Waals surface area contributed by atoms with Gasteiger partial charge >= 0.3 is 11.9 Å². The molecule has 1 aromatic carbocycles. The molecule has 1 fully saturated rings. The summed E-state index contributed by atoms with van der Waals surface area (Å²) < 4.78 is 11.2. The zero-order valence-corrected chi connectivity index (χ0v) is 17.9. The number of benzene rings is 1. The Hall–Kier alpha value is -3.15. The lowest BCUT2D eigenvalue weighted by Crippen LogP contribution is -3.10. The second-order valence-electron chi connectivity index (χ2n) is 7.05. The number of likely N-dealkylation sites (tertiary alicyclic amines) is 1. The van der Waals surface area contributed by atoms with E-state index in [0.29, 0.717) is 31.8 Å². The van der Waals surface area contributed by atoms with Crippen LogP contribution in [0.1, 0.15) is 31.7 Å². The van der Waals surface area contributed by atoms with E-state index in [9.17, 15) is 19.5 Å². The van der Waals surface area contributed by atoms with Gasteiger partial charge in [-0.15, -0.1) is 0 Å². The molecular formula is C23H29NO7. The van der Waals surface area contributed by atoms with Crippen molar-refractivity contribution in [2.45, 2.75) is 38.4 Å². The van der Waals surface area contributed by atoms with Crippen LogP contribution < -0.4 is 10.0 Å². The first-order valence-corrected chi connectivity index (χ1v) is 10.0. The van der Waals surface area contributed by atoms with Crippen molar-refractivity contribution in [3.8, 4) is 11.8 Å². The molecule has 0 aliphatic carbocycles. The molecule has 0 saturated carbocycles. The van der Waals surface area contributed by atoms with Crippen molar-refractivity contribution < 1.29 is 39.0 Å². The third kappa shape index (κ3) is 11.6. The number of rotatable bonds is 7. The summed E-state index contributed by atoms with van der Waals surface area (Å²) >= 11 is 0. The summed E-state index contributed by atoms with van der Waals surface area (Å²) in [5.74, 6) is 3.25. The summed E-state index contributed by atoms with van der Waals surface area (Å²) in [6.45, 7) is 4.65. The van der Waals surface area contributed by atoms with Crippen molar-refractivity contribution in [1.29, 1.82) is 0 Å². The van der Waals surface area contributed by atoms with Crippen molar-refractivity contribution >= 4 is 17.9 Å². The number of carboxylic acids is 2. The number of hydrogen-bond donors (Lipinski definition) is 2. The summed E-state index contributed by atoms with van der Waals surface area (Å²) in [4.78, 5) is 32.1. The average molecular weight is 431 g/mol. The van der Waals surface area contributed by atoms with Gasteiger partial charge in [0.15, 0.2) is 5.60 Å². The minimum atomic E-state index is -1.51. The summed E-state index contributed by atoms with van der Waals surface area (Å²) in [6.07, 6.45) is 2.90. The number of esters is 1. The van der Waals surface area contributed by atoms with Crippen molar-refractivity contribution in [3.05, 3.63) is 48.0 Å². The smallest absolute Gasteiger partial charge is 0.328 e. The van der Waals surface area contributed by atoms with E-state index in [4.69, 9.17) is 14.6 Å². The van der Waals surface area contributed by atoms with E-state index in [1.807, 2.05) is 37.3 Å². The van der Waals surface area contributed by atoms with Crippen molar-refractivity contribution in [2.24, 2.45) is 0 Å². The molecule has 1 aliphatic rings. The summed E-state index contributed by atoms with van der Waals surface area (Å²) in [5.41, 5.74) is 0.507. The number of quaternary nitrogens is 1. The molecule has 0 atom stereocenters. The van der Waals surface area contributed by atoms with Crippen LogP contribution in [0.5, 0.6) is 0 Å². The van der Waals surface area contributed by atoms with Crippen LogP contribution in [0.4, 0.5) is 0 Å². The van der Waals surface area contributed by atoms with Crippen LogP contribution in [0.3, 0.4) is 0 Å². The fourth-order valence-corrected chi connectivity index (χ4v) is 2.75. The lowest BCUT2D eigenvalue weighted by Gasteiger charge is -2.34. The fourth-order valence-electron chi connectivity index (χ4n) is 2.75. The van der Waals surface area contributed by atoms with E-state index < -0.39 is 17.5 Å². The Morgan fingerprint density at radius 1 is 1.19 bits per heavy atom. The Kier molecular flexibility index (Phi) is 11.7. The van der Waals surface area contributed by atoms with Gasteiger partial charge in [-0.3, -0.25) is 4.79 Å². The number of aliphatic carboxylic acids is 2. The summed E-state index contributed by atoms with van der Waals surface area (Å²) in [5, 5.41) is 17.2. The third-order valence-corrected chi connectivity index (χ3v) is 4.47. The highest BCUT2D eigenvalue weighted by Crippen LogP contribution is 2.21. The maximum absolute atomic E-state index is 11.7. The van der Waals surface area contributed by atoms with Crippen LogP contribution >= 0.6 is 0 Å². The predicted molar refractivity (Wildman–Crippen MR) is 111 cm³/mol. The molecule has 0 unspecified atom stereocenters. The Bertz CT molecular complexity index is 784. The highest BCUT2D eigenvalue weighted by Gasteiger charge is 2.37. The van der Waals surface area contributed by atoms with Crippen LogP contribution in [0.2, 0.25) is 0 Å². The van der Waals surface area contributed by atoms with Gasteiger partial charge < -0.3 is 29.4 Å². The minimum Gasteiger partial charge on any atom is -0.545 e. The van der Waals surface area contributed by atoms with Gasteiger partial charge in [0.05, 0.1) is 32.7 Å². The zero-order valence-electron chi connectivity index (χ0n) is 17.9. The number of carbonyl (C=O) groups is 3. The van der Waals surface area contributed by atoms with E-state index in [-0.39, 0.29) is 5.97 Å². The van der Waals surface area contributed by atoms with Gasteiger partial charge in [0.1, 0.15) is 6.61 Å². The molecule has 2 rings (SSSR count). The Morgan fingerprint density at radius 2 is 1.84 bits per heavy atom. The third-order valence-electron chi connectivity index (χ3n) is 4.47. The van der Waals surface area contributed by atoms with E-state index in [1.165, 1.54) is 4.90 Å². The van der Waals surface area contributed by atoms with Crippen LogP contribution in [-0.4, -0.2) is 55.4 Å². The largest absolute Gasteiger partial charge is 0.545 e. The molecule has 1 aliphatic heterocycles. The highest BCUT2D eigenvalue weighted by molar-refractivity contribution is 5.88. The molecule has 31 heavy (non-hydrogen) atoms. The topological polar surface area (TPSA) is 117 Å². The molecule has 8 heteroatoms. The Morgan fingerprint density at radius 3 is 2.35 bits per heavy atom. The van der Waals surface area contributed by atoms with Crippen LogP contribution in [0.15, 0.2) is 42.5 Å². The minimum absolute atomic E-state index is 0.177. The molecule has 8 nitrogen and oxygen atoms in total. The highest BCUT2D eigenvalue weighted by atomic mass is 16.6. The monoisotopic (exact) mass is 431 g/mol. The molecule has 0 radical (unpaired) electrons. The molecule has 1 aromatic rings. The molecule has 0 bridgehead atoms. The summed E-state index contributed by atoms with van der Waals surface area (Å²) in [7, 11) is 2.15. The van der Waals surface area contributed by atoms with Gasteiger partial charge in [-0.05, 0) is 11.6 Å². The first kappa shape index (κ1) is 25.9. The van der Waals surface area contributed by atoms with E-state index in [0.717, 1.165) is 31.5 Å². The number of piperidine rings is 1. The number of hydrogen-bond acceptors (Lipinski definition) is 6. The van der Waals surface area contributed by atoms with E-state index >= 15 is 0 Å². The van der Waals surface area contributed by atoms with Gasteiger partial charge in [-0.2, -0.15) is 0 Å². The molecule has 0 aromatic heterocycles. The molecule has 2 N–H and O–H groups in total. The SMILES string of the molecule is CCC(=O)OC1(C#CCOCc2ccccc2)CC[NH+](C)CC1.O=C([O-])/C=C/C(=O)O. The number of ether oxygens (including phenoxy) is 2. The zero-order chi connectivity index (χ0) is 23.1. The van der Waals surface area contributed by atoms with E-state index in [2.05, 4.69) is 18.9 Å². The number of carboxylic acid groups (broad SMARTS) is 2. The lowest BCUT2D eigenvalue weighted by atomic mass is 9.92. The first-order valence-electron chi connectivity index (χ1n) is 10.0. The van der Waals surface area contributed by atoms with Crippen LogP contribution in [0.25, 0.3) is 0 Å². The fraction of sp³-hybridized carbons (Fsp3) is 0.435. The van der Waals surface area contributed by atoms with Gasteiger partial charge in [0, 0.05) is 25.3 Å². The second-order valence-corrected chi connectivity index (χ2v) is 7.05. The second kappa shape index (κ2) is 14.0. The Labute approximate surface area is 182 Å². The maximum Gasteiger partial charge on any atom is 0.328 e. The van der Waals surface area contributed by atoms with Crippen molar-refractivity contribution in [1.82, 2.24) is 0 Å². The Balaban J connectivity index is 0.000000512. The predicted octanol–water partition coefficient (Wildman–Crippen LogP) is -0.416. The van der Waals surface area contributed by atoms with Gasteiger partial charge in [0.25, 0.3) is 0 Å². The molecule has 168 valence electrons. The van der Waals surface area contributed by atoms with Crippen molar-refractivity contribution in [2.75, 3.05) is 26.7 Å². The lowest BCUT2D eigenvalue weighted by molar-refractivity contribution is -0.886. The maximum atomic E-state index is 11.7. The molecule has 0 spiro atoms. The quantitative estimate of drug-likeness (QED) is 0.261. The molecule has 1 heterocycles. The molecule has 0 amide bonds. The number of nitrogens with one attached hydrogen (secondary N) is 1. The normalized spacial score (nSPS) is 20.0. The van der Waals surface area contributed by atoms with Crippen LogP contribution in [0, 0.1) is 11.8 Å². The molecule has 1 saturated heterocycles. The van der Waals surface area contributed by atoms with Crippen LogP contribution in [-0.2, 0) is 30.5 Å². The van der Waals surface area contributed by atoms with Gasteiger partial charge in [-0.1, -0.05) is 49.1 Å². The van der Waals surface area contributed by atoms with Gasteiger partial charge in [0.2, 0.25) is 0 Å². The summed E-state index contributed by atoms with van der Waals surface area (Å²) in [6, 6.07) is 10.0. The van der Waals surface area contributed by atoms with Crippen molar-refractivity contribution in [3.63, 3.8) is 0 Å². The standard InChI is InChI=1S/C19H25NO3.C4H4O4/c1-3-18(21)23-19(11-13-20(2)14-12-19)10-7-15-22-16-17-8-5-4-6-9-17;5-3(6)1-2-4(7)8/h4-6,8-9H,3,11-16H2,1-2H3;1-2H,(H,5,6)(H,7,8)/b;2-1+. The molecular weight excluding hydrogens is 402 g/mol. The first-order chi connectivity index (χ1) is 14.8.